The zero-order chi connectivity index (χ0) is 18.6. The van der Waals surface area contributed by atoms with Crippen LogP contribution in [0.3, 0.4) is 0 Å². The lowest BCUT2D eigenvalue weighted by atomic mass is 10.2. The van der Waals surface area contributed by atoms with E-state index in [1.165, 1.54) is 18.1 Å². The maximum atomic E-state index is 12.2. The molecule has 3 aromatic rings. The van der Waals surface area contributed by atoms with E-state index in [-0.39, 0.29) is 11.7 Å². The van der Waals surface area contributed by atoms with Crippen molar-refractivity contribution in [1.82, 2.24) is 15.3 Å². The van der Waals surface area contributed by atoms with Crippen molar-refractivity contribution in [3.05, 3.63) is 40.5 Å². The van der Waals surface area contributed by atoms with E-state index >= 15 is 0 Å². The fraction of sp³-hybridized carbons (Fsp3) is 0.278. The van der Waals surface area contributed by atoms with Crippen LogP contribution in [0.4, 0.5) is 0 Å². The zero-order valence-corrected chi connectivity index (χ0v) is 16.6. The normalized spacial score (nSPS) is 13.4. The van der Waals surface area contributed by atoms with Crippen LogP contribution in [-0.2, 0) is 11.3 Å². The molecule has 1 aromatic carbocycles. The maximum Gasteiger partial charge on any atom is 0.230 e. The average Bonchev–Trinajstić information content (AvgIpc) is 3.03. The molecule has 6 nitrogen and oxygen atoms in total. The van der Waals surface area contributed by atoms with Crippen LogP contribution in [0.2, 0.25) is 5.02 Å². The molecule has 0 unspecified atom stereocenters. The first-order valence-electron chi connectivity index (χ1n) is 8.36. The van der Waals surface area contributed by atoms with Gasteiger partial charge in [0.25, 0.3) is 0 Å². The van der Waals surface area contributed by atoms with Gasteiger partial charge in [0.15, 0.2) is 11.5 Å². The Morgan fingerprint density at radius 2 is 2.19 bits per heavy atom. The maximum absolute atomic E-state index is 12.2. The number of fused-ring (bicyclic) bond motifs is 2. The lowest BCUT2D eigenvalue weighted by Gasteiger charge is -2.12. The van der Waals surface area contributed by atoms with E-state index in [9.17, 15) is 4.79 Å². The summed E-state index contributed by atoms with van der Waals surface area (Å²) >= 11 is 9.24. The van der Waals surface area contributed by atoms with Gasteiger partial charge in [0.1, 0.15) is 16.2 Å². The average molecular weight is 422 g/mol. The van der Waals surface area contributed by atoms with Crippen LogP contribution in [0.5, 0.6) is 11.5 Å². The molecule has 0 radical (unpaired) electrons. The first-order valence-corrected chi connectivity index (χ1v) is 10.6. The standard InChI is InChI=1S/C18H16ClN3O3S2/c19-13-6-11(7-14-16(13)25-4-1-3-24-14)8-20-15(23)9-27-18-12-2-5-26-17(12)21-10-22-18/h2,5-7,10H,1,3-4,8-9H2,(H,20,23). The third-order valence-corrected chi connectivity index (χ3v) is 6.02. The van der Waals surface area contributed by atoms with Crippen molar-refractivity contribution in [2.24, 2.45) is 0 Å². The number of nitrogens with zero attached hydrogens (tertiary/aromatic N) is 2. The van der Waals surface area contributed by atoms with Gasteiger partial charge in [-0.2, -0.15) is 0 Å². The van der Waals surface area contributed by atoms with Crippen LogP contribution in [0.25, 0.3) is 10.2 Å². The minimum atomic E-state index is -0.0785. The van der Waals surface area contributed by atoms with E-state index < -0.39 is 0 Å². The Labute approximate surface area is 169 Å². The van der Waals surface area contributed by atoms with E-state index in [2.05, 4.69) is 15.3 Å². The van der Waals surface area contributed by atoms with Gasteiger partial charge in [-0.1, -0.05) is 23.4 Å². The van der Waals surface area contributed by atoms with Gasteiger partial charge in [0.05, 0.1) is 24.0 Å². The summed E-state index contributed by atoms with van der Waals surface area (Å²) in [4.78, 5) is 21.6. The highest BCUT2D eigenvalue weighted by atomic mass is 35.5. The molecular weight excluding hydrogens is 406 g/mol. The Bertz CT molecular complexity index is 980. The fourth-order valence-electron chi connectivity index (χ4n) is 2.65. The van der Waals surface area contributed by atoms with Crippen LogP contribution >= 0.6 is 34.7 Å². The number of halogens is 1. The van der Waals surface area contributed by atoms with Gasteiger partial charge < -0.3 is 14.8 Å². The number of nitrogens with one attached hydrogen (secondary N) is 1. The summed E-state index contributed by atoms with van der Waals surface area (Å²) in [5, 5.41) is 7.17. The molecule has 1 amide bonds. The molecule has 1 N–H and O–H groups in total. The molecular formula is C18H16ClN3O3S2. The van der Waals surface area contributed by atoms with Gasteiger partial charge in [0.2, 0.25) is 5.91 Å². The second-order valence-corrected chi connectivity index (χ2v) is 8.10. The number of thioether (sulfide) groups is 1. The first-order chi connectivity index (χ1) is 13.2. The number of hydrogen-bond acceptors (Lipinski definition) is 7. The van der Waals surface area contributed by atoms with Crippen molar-refractivity contribution in [2.45, 2.75) is 18.0 Å². The Balaban J connectivity index is 1.36. The van der Waals surface area contributed by atoms with Gasteiger partial charge in [-0.3, -0.25) is 4.79 Å². The summed E-state index contributed by atoms with van der Waals surface area (Å²) in [5.74, 6) is 1.40. The van der Waals surface area contributed by atoms with Crippen LogP contribution in [0.15, 0.2) is 34.9 Å². The van der Waals surface area contributed by atoms with E-state index in [1.54, 1.807) is 17.4 Å². The lowest BCUT2D eigenvalue weighted by molar-refractivity contribution is -0.118. The first kappa shape index (κ1) is 18.3. The molecule has 140 valence electrons. The number of aromatic nitrogens is 2. The monoisotopic (exact) mass is 421 g/mol. The van der Waals surface area contributed by atoms with Crippen LogP contribution in [-0.4, -0.2) is 34.8 Å². The SMILES string of the molecule is O=C(CSc1ncnc2sccc12)NCc1cc(Cl)c2c(c1)OCCCO2. The molecule has 0 atom stereocenters. The molecule has 0 saturated carbocycles. The van der Waals surface area contributed by atoms with Gasteiger partial charge in [-0.25, -0.2) is 9.97 Å². The third-order valence-electron chi connectivity index (χ3n) is 3.92. The molecule has 4 rings (SSSR count). The molecule has 1 aliphatic rings. The molecule has 3 heterocycles. The number of thiophene rings is 1. The van der Waals surface area contributed by atoms with Crippen molar-refractivity contribution in [3.63, 3.8) is 0 Å². The summed E-state index contributed by atoms with van der Waals surface area (Å²) in [6, 6.07) is 5.63. The molecule has 0 bridgehead atoms. The Morgan fingerprint density at radius 1 is 1.30 bits per heavy atom. The fourth-order valence-corrected chi connectivity index (χ4v) is 4.55. The van der Waals surface area contributed by atoms with Gasteiger partial charge in [-0.05, 0) is 29.1 Å². The van der Waals surface area contributed by atoms with Gasteiger partial charge >= 0.3 is 0 Å². The molecule has 0 saturated heterocycles. The third kappa shape index (κ3) is 4.28. The number of hydrogen-bond donors (Lipinski definition) is 1. The predicted octanol–water partition coefficient (Wildman–Crippen LogP) is 3.91. The van der Waals surface area contributed by atoms with Crippen LogP contribution in [0.1, 0.15) is 12.0 Å². The van der Waals surface area contributed by atoms with Crippen molar-refractivity contribution in [1.29, 1.82) is 0 Å². The number of amides is 1. The highest BCUT2D eigenvalue weighted by Crippen LogP contribution is 2.38. The minimum absolute atomic E-state index is 0.0785. The van der Waals surface area contributed by atoms with E-state index in [0.29, 0.717) is 36.3 Å². The predicted molar refractivity (Wildman–Crippen MR) is 107 cm³/mol. The van der Waals surface area contributed by atoms with Crippen LogP contribution < -0.4 is 14.8 Å². The summed E-state index contributed by atoms with van der Waals surface area (Å²) in [5.41, 5.74) is 0.866. The highest BCUT2D eigenvalue weighted by Gasteiger charge is 2.16. The highest BCUT2D eigenvalue weighted by molar-refractivity contribution is 8.00. The Morgan fingerprint density at radius 3 is 3.11 bits per heavy atom. The lowest BCUT2D eigenvalue weighted by Crippen LogP contribution is -2.24. The summed E-state index contributed by atoms with van der Waals surface area (Å²) in [6.45, 7) is 1.54. The number of carbonyl (C=O) groups is 1. The Hall–Kier alpha value is -2.03. The molecule has 1 aliphatic heterocycles. The molecule has 0 aliphatic carbocycles. The van der Waals surface area contributed by atoms with E-state index in [0.717, 1.165) is 27.2 Å². The molecule has 0 spiro atoms. The van der Waals surface area contributed by atoms with Gasteiger partial charge in [0, 0.05) is 18.4 Å². The number of ether oxygens (including phenoxy) is 2. The van der Waals surface area contributed by atoms with Crippen molar-refractivity contribution >= 4 is 50.8 Å². The molecule has 27 heavy (non-hydrogen) atoms. The van der Waals surface area contributed by atoms with Crippen molar-refractivity contribution in [3.8, 4) is 11.5 Å². The summed E-state index contributed by atoms with van der Waals surface area (Å²) in [7, 11) is 0. The second kappa shape index (κ2) is 8.33. The quantitative estimate of drug-likeness (QED) is 0.497. The van der Waals surface area contributed by atoms with E-state index in [4.69, 9.17) is 21.1 Å². The summed E-state index contributed by atoms with van der Waals surface area (Å²) in [6.07, 6.45) is 2.34. The molecule has 0 fully saturated rings. The van der Waals surface area contributed by atoms with Gasteiger partial charge in [-0.15, -0.1) is 11.3 Å². The number of carbonyl (C=O) groups excluding carboxylic acids is 1. The van der Waals surface area contributed by atoms with Crippen molar-refractivity contribution < 1.29 is 14.3 Å². The number of benzene rings is 1. The molecule has 9 heteroatoms. The Kier molecular flexibility index (Phi) is 5.66. The van der Waals surface area contributed by atoms with Crippen molar-refractivity contribution in [2.75, 3.05) is 19.0 Å². The largest absolute Gasteiger partial charge is 0.489 e. The number of rotatable bonds is 5. The van der Waals surface area contributed by atoms with Crippen LogP contribution in [0, 0.1) is 0 Å². The molecule has 2 aromatic heterocycles. The minimum Gasteiger partial charge on any atom is -0.489 e. The topological polar surface area (TPSA) is 73.3 Å². The smallest absolute Gasteiger partial charge is 0.230 e. The summed E-state index contributed by atoms with van der Waals surface area (Å²) < 4.78 is 11.3. The zero-order valence-electron chi connectivity index (χ0n) is 14.2. The second-order valence-electron chi connectivity index (χ2n) is 5.84. The van der Waals surface area contributed by atoms with E-state index in [1.807, 2.05) is 17.5 Å².